The lowest BCUT2D eigenvalue weighted by molar-refractivity contribution is 0.0897. The molecule has 1 aliphatic carbocycles. The second kappa shape index (κ2) is 6.37. The second-order valence-electron chi connectivity index (χ2n) is 4.97. The highest BCUT2D eigenvalue weighted by Gasteiger charge is 2.41. The van der Waals surface area contributed by atoms with E-state index in [0.717, 1.165) is 12.8 Å². The molecule has 0 spiro atoms. The minimum absolute atomic E-state index is 0. The Morgan fingerprint density at radius 2 is 2.21 bits per heavy atom. The summed E-state index contributed by atoms with van der Waals surface area (Å²) in [6.45, 7) is 2.39. The number of amides is 1. The van der Waals surface area contributed by atoms with Crippen LogP contribution in [0.5, 0.6) is 0 Å². The van der Waals surface area contributed by atoms with Gasteiger partial charge in [0.1, 0.15) is 5.82 Å². The van der Waals surface area contributed by atoms with Crippen LogP contribution < -0.4 is 11.1 Å². The number of carbonyl (C=O) groups is 1. The van der Waals surface area contributed by atoms with Gasteiger partial charge in [0.15, 0.2) is 0 Å². The summed E-state index contributed by atoms with van der Waals surface area (Å²) in [6, 6.07) is 4.16. The van der Waals surface area contributed by atoms with Gasteiger partial charge in [-0.2, -0.15) is 0 Å². The predicted molar refractivity (Wildman–Crippen MR) is 84.0 cm³/mol. The van der Waals surface area contributed by atoms with Gasteiger partial charge in [-0.1, -0.05) is 0 Å². The van der Waals surface area contributed by atoms with Crippen molar-refractivity contribution in [1.82, 2.24) is 5.32 Å². The minimum atomic E-state index is -0.353. The van der Waals surface area contributed by atoms with E-state index in [-0.39, 0.29) is 29.7 Å². The number of halogens is 3. The lowest BCUT2D eigenvalue weighted by Crippen LogP contribution is -2.53. The smallest absolute Gasteiger partial charge is 0.252 e. The van der Waals surface area contributed by atoms with Crippen molar-refractivity contribution >= 4 is 40.9 Å². The number of nitrogens with two attached hydrogens (primary N) is 1. The first-order valence-electron chi connectivity index (χ1n) is 5.94. The maximum absolute atomic E-state index is 13.0. The third kappa shape index (κ3) is 3.79. The molecule has 1 unspecified atom stereocenters. The van der Waals surface area contributed by atoms with E-state index in [2.05, 4.69) is 5.32 Å². The number of hydrogen-bond donors (Lipinski definition) is 2. The van der Waals surface area contributed by atoms with E-state index in [4.69, 9.17) is 5.73 Å². The van der Waals surface area contributed by atoms with Crippen LogP contribution in [0.2, 0.25) is 0 Å². The molecule has 0 aromatic heterocycles. The van der Waals surface area contributed by atoms with Gasteiger partial charge in [0, 0.05) is 10.1 Å². The Bertz CT molecular complexity index is 482. The fraction of sp³-hybridized carbons (Fsp3) is 0.462. The number of rotatable bonds is 4. The second-order valence-corrected chi connectivity index (χ2v) is 6.14. The molecule has 1 aromatic carbocycles. The molecule has 1 saturated carbocycles. The largest absolute Gasteiger partial charge is 0.345 e. The molecule has 2 rings (SSSR count). The highest BCUT2D eigenvalue weighted by Crippen LogP contribution is 2.39. The summed E-state index contributed by atoms with van der Waals surface area (Å²) < 4.78 is 13.6. The lowest BCUT2D eigenvalue weighted by atomic mass is 9.95. The lowest BCUT2D eigenvalue weighted by Gasteiger charge is -2.29. The van der Waals surface area contributed by atoms with Crippen molar-refractivity contribution in [2.75, 3.05) is 6.54 Å². The topological polar surface area (TPSA) is 55.1 Å². The van der Waals surface area contributed by atoms with Crippen LogP contribution in [0.25, 0.3) is 0 Å². The van der Waals surface area contributed by atoms with Crippen LogP contribution in [0.15, 0.2) is 18.2 Å². The van der Waals surface area contributed by atoms with Crippen LogP contribution in [0.1, 0.15) is 30.1 Å². The Hall–Kier alpha value is -0.400. The van der Waals surface area contributed by atoms with Crippen molar-refractivity contribution in [2.45, 2.75) is 25.3 Å². The zero-order valence-corrected chi connectivity index (χ0v) is 13.6. The molecule has 3 nitrogen and oxygen atoms in total. The zero-order valence-electron chi connectivity index (χ0n) is 10.6. The van der Waals surface area contributed by atoms with Crippen LogP contribution in [0.4, 0.5) is 4.39 Å². The molecule has 0 saturated heterocycles. The maximum Gasteiger partial charge on any atom is 0.252 e. The summed E-state index contributed by atoms with van der Waals surface area (Å²) >= 11 is 1.97. The van der Waals surface area contributed by atoms with Gasteiger partial charge in [0.25, 0.3) is 5.91 Å². The van der Waals surface area contributed by atoms with Gasteiger partial charge < -0.3 is 11.1 Å². The van der Waals surface area contributed by atoms with Crippen LogP contribution in [-0.2, 0) is 0 Å². The SMILES string of the molecule is CC(CN)(NC(=O)c1ccc(F)cc1I)C1CC1.Cl. The first-order chi connectivity index (χ1) is 8.46. The third-order valence-corrected chi connectivity index (χ3v) is 4.37. The minimum Gasteiger partial charge on any atom is -0.345 e. The van der Waals surface area contributed by atoms with Crippen molar-refractivity contribution in [3.63, 3.8) is 0 Å². The molecule has 6 heteroatoms. The van der Waals surface area contributed by atoms with Crippen LogP contribution in [0.3, 0.4) is 0 Å². The third-order valence-electron chi connectivity index (χ3n) is 3.48. The number of benzene rings is 1. The zero-order chi connectivity index (χ0) is 13.3. The molecule has 0 aliphatic heterocycles. The number of nitrogens with one attached hydrogen (secondary N) is 1. The van der Waals surface area contributed by atoms with E-state index in [1.165, 1.54) is 18.2 Å². The summed E-state index contributed by atoms with van der Waals surface area (Å²) in [5, 5.41) is 2.99. The molecule has 1 aliphatic rings. The number of hydrogen-bond acceptors (Lipinski definition) is 2. The van der Waals surface area contributed by atoms with Gasteiger partial charge in [0.2, 0.25) is 0 Å². The Morgan fingerprint density at radius 1 is 1.58 bits per heavy atom. The highest BCUT2D eigenvalue weighted by atomic mass is 127. The highest BCUT2D eigenvalue weighted by molar-refractivity contribution is 14.1. The number of carbonyl (C=O) groups excluding carboxylic acids is 1. The standard InChI is InChI=1S/C13H16FIN2O.ClH/c1-13(7-16,8-2-3-8)17-12(18)10-5-4-9(14)6-11(10)15;/h4-6,8H,2-3,7,16H2,1H3,(H,17,18);1H. The summed E-state index contributed by atoms with van der Waals surface area (Å²) in [5.41, 5.74) is 5.90. The van der Waals surface area contributed by atoms with Gasteiger partial charge in [-0.3, -0.25) is 4.79 Å². The molecular formula is C13H17ClFIN2O. The van der Waals surface area contributed by atoms with Gasteiger partial charge in [-0.15, -0.1) is 12.4 Å². The molecular weight excluding hydrogens is 382 g/mol. The maximum atomic E-state index is 13.0. The molecule has 19 heavy (non-hydrogen) atoms. The average Bonchev–Trinajstić information content (AvgIpc) is 3.12. The van der Waals surface area contributed by atoms with Gasteiger partial charge in [0.05, 0.1) is 11.1 Å². The van der Waals surface area contributed by atoms with Crippen LogP contribution in [0, 0.1) is 15.3 Å². The van der Waals surface area contributed by atoms with Crippen LogP contribution in [-0.4, -0.2) is 18.0 Å². The normalized spacial score (nSPS) is 17.3. The van der Waals surface area contributed by atoms with E-state index in [9.17, 15) is 9.18 Å². The summed E-state index contributed by atoms with van der Waals surface area (Å²) in [7, 11) is 0. The van der Waals surface area contributed by atoms with Crippen molar-refractivity contribution in [3.8, 4) is 0 Å². The molecule has 0 bridgehead atoms. The van der Waals surface area contributed by atoms with E-state index in [1.54, 1.807) is 0 Å². The van der Waals surface area contributed by atoms with E-state index < -0.39 is 0 Å². The fourth-order valence-corrected chi connectivity index (χ4v) is 2.76. The fourth-order valence-electron chi connectivity index (χ4n) is 2.04. The monoisotopic (exact) mass is 398 g/mol. The predicted octanol–water partition coefficient (Wildman–Crippen LogP) is 2.71. The molecule has 106 valence electrons. The van der Waals surface area contributed by atoms with Crippen LogP contribution >= 0.6 is 35.0 Å². The molecule has 1 aromatic rings. The average molecular weight is 399 g/mol. The van der Waals surface area contributed by atoms with Crippen molar-refractivity contribution in [1.29, 1.82) is 0 Å². The molecule has 0 radical (unpaired) electrons. The molecule has 3 N–H and O–H groups in total. The van der Waals surface area contributed by atoms with E-state index in [1.807, 2.05) is 29.5 Å². The van der Waals surface area contributed by atoms with E-state index in [0.29, 0.717) is 21.6 Å². The molecule has 1 fully saturated rings. The Balaban J connectivity index is 0.00000180. The molecule has 0 heterocycles. The molecule has 1 amide bonds. The summed E-state index contributed by atoms with van der Waals surface area (Å²) in [4.78, 5) is 12.2. The Labute approximate surface area is 132 Å². The van der Waals surface area contributed by atoms with Gasteiger partial charge in [-0.05, 0) is 66.5 Å². The Kier molecular flexibility index (Phi) is 5.58. The van der Waals surface area contributed by atoms with Crippen molar-refractivity contribution < 1.29 is 9.18 Å². The first-order valence-corrected chi connectivity index (χ1v) is 7.02. The quantitative estimate of drug-likeness (QED) is 0.766. The van der Waals surface area contributed by atoms with E-state index >= 15 is 0 Å². The van der Waals surface area contributed by atoms with Gasteiger partial charge in [-0.25, -0.2) is 4.39 Å². The summed E-state index contributed by atoms with van der Waals surface area (Å²) in [6.07, 6.45) is 2.21. The summed E-state index contributed by atoms with van der Waals surface area (Å²) in [5.74, 6) is -0.0523. The Morgan fingerprint density at radius 3 is 2.68 bits per heavy atom. The first kappa shape index (κ1) is 16.7. The van der Waals surface area contributed by atoms with Crippen molar-refractivity contribution in [2.24, 2.45) is 11.7 Å². The van der Waals surface area contributed by atoms with Crippen molar-refractivity contribution in [3.05, 3.63) is 33.1 Å². The molecule has 1 atom stereocenters. The van der Waals surface area contributed by atoms with Gasteiger partial charge >= 0.3 is 0 Å².